The van der Waals surface area contributed by atoms with Gasteiger partial charge < -0.3 is 10.2 Å². The number of hydrogen-bond donors (Lipinski definition) is 1. The molecule has 1 aliphatic heterocycles. The number of anilines is 1. The Bertz CT molecular complexity index is 1130. The van der Waals surface area contributed by atoms with Gasteiger partial charge in [0.15, 0.2) is 0 Å². The van der Waals surface area contributed by atoms with E-state index in [4.69, 9.17) is 23.2 Å². The molecule has 3 aromatic rings. The van der Waals surface area contributed by atoms with Crippen molar-refractivity contribution in [1.82, 2.24) is 5.32 Å². The van der Waals surface area contributed by atoms with E-state index in [0.29, 0.717) is 28.6 Å². The molecule has 33 heavy (non-hydrogen) atoms. The van der Waals surface area contributed by atoms with E-state index in [-0.39, 0.29) is 23.8 Å². The van der Waals surface area contributed by atoms with Crippen molar-refractivity contribution in [3.63, 3.8) is 0 Å². The summed E-state index contributed by atoms with van der Waals surface area (Å²) in [5.74, 6) is -0.0199. The van der Waals surface area contributed by atoms with Gasteiger partial charge in [0.05, 0.1) is 0 Å². The van der Waals surface area contributed by atoms with E-state index in [1.165, 1.54) is 0 Å². The highest BCUT2D eigenvalue weighted by Crippen LogP contribution is 2.27. The van der Waals surface area contributed by atoms with E-state index >= 15 is 0 Å². The van der Waals surface area contributed by atoms with Crippen LogP contribution in [0.2, 0.25) is 10.0 Å². The number of nitrogens with one attached hydrogen (secondary N) is 1. The first-order valence-corrected chi connectivity index (χ1v) is 11.9. The van der Waals surface area contributed by atoms with Gasteiger partial charge in [-0.05, 0) is 73.4 Å². The largest absolute Gasteiger partial charge is 0.349 e. The first-order valence-electron chi connectivity index (χ1n) is 11.1. The SMILES string of the molecule is CC(NC(=O)c1cccc(N2CCCC2=O)c1)C(Cc1ccc(Cl)cc1)c1ccc(Cl)cc1. The number of nitrogens with zero attached hydrogens (tertiary/aromatic N) is 1. The maximum absolute atomic E-state index is 13.1. The Morgan fingerprint density at radius 2 is 1.67 bits per heavy atom. The maximum atomic E-state index is 13.1. The minimum absolute atomic E-state index is 0.0377. The molecule has 0 spiro atoms. The number of hydrogen-bond acceptors (Lipinski definition) is 2. The van der Waals surface area contributed by atoms with E-state index in [2.05, 4.69) is 5.32 Å². The van der Waals surface area contributed by atoms with E-state index in [0.717, 1.165) is 29.7 Å². The van der Waals surface area contributed by atoms with Crippen LogP contribution in [0.15, 0.2) is 72.8 Å². The van der Waals surface area contributed by atoms with Crippen molar-refractivity contribution in [1.29, 1.82) is 0 Å². The molecule has 2 amide bonds. The Morgan fingerprint density at radius 1 is 1.00 bits per heavy atom. The molecular weight excluding hydrogens is 455 g/mol. The summed E-state index contributed by atoms with van der Waals surface area (Å²) in [7, 11) is 0. The highest BCUT2D eigenvalue weighted by Gasteiger charge is 2.24. The summed E-state index contributed by atoms with van der Waals surface area (Å²) in [6.45, 7) is 2.71. The predicted molar refractivity (Wildman–Crippen MR) is 134 cm³/mol. The summed E-state index contributed by atoms with van der Waals surface area (Å²) in [5, 5.41) is 4.54. The normalized spacial score (nSPS) is 15.4. The van der Waals surface area contributed by atoms with Crippen molar-refractivity contribution < 1.29 is 9.59 Å². The third-order valence-electron chi connectivity index (χ3n) is 6.12. The van der Waals surface area contributed by atoms with Gasteiger partial charge >= 0.3 is 0 Å². The number of halogens is 2. The van der Waals surface area contributed by atoms with Gasteiger partial charge in [-0.3, -0.25) is 9.59 Å². The predicted octanol–water partition coefficient (Wildman–Crippen LogP) is 6.27. The van der Waals surface area contributed by atoms with Crippen molar-refractivity contribution in [3.8, 4) is 0 Å². The molecule has 1 saturated heterocycles. The van der Waals surface area contributed by atoms with Crippen LogP contribution < -0.4 is 10.2 Å². The number of carbonyl (C=O) groups is 2. The molecule has 1 N–H and O–H groups in total. The molecule has 0 radical (unpaired) electrons. The monoisotopic (exact) mass is 480 g/mol. The molecule has 6 heteroatoms. The van der Waals surface area contributed by atoms with Gasteiger partial charge in [-0.2, -0.15) is 0 Å². The van der Waals surface area contributed by atoms with Gasteiger partial charge in [0.1, 0.15) is 0 Å². The van der Waals surface area contributed by atoms with Crippen LogP contribution in [-0.4, -0.2) is 24.4 Å². The zero-order valence-electron chi connectivity index (χ0n) is 18.4. The zero-order valence-corrected chi connectivity index (χ0v) is 19.9. The fourth-order valence-corrected chi connectivity index (χ4v) is 4.55. The minimum atomic E-state index is -0.161. The second-order valence-electron chi connectivity index (χ2n) is 8.45. The summed E-state index contributed by atoms with van der Waals surface area (Å²) in [4.78, 5) is 27.0. The number of amides is 2. The highest BCUT2D eigenvalue weighted by atomic mass is 35.5. The number of benzene rings is 3. The van der Waals surface area contributed by atoms with Crippen molar-refractivity contribution in [3.05, 3.63) is 99.5 Å². The molecule has 170 valence electrons. The van der Waals surface area contributed by atoms with E-state index in [1.807, 2.05) is 67.6 Å². The van der Waals surface area contributed by atoms with Crippen LogP contribution in [0.25, 0.3) is 0 Å². The lowest BCUT2D eigenvalue weighted by Gasteiger charge is -2.26. The summed E-state index contributed by atoms with van der Waals surface area (Å²) in [6.07, 6.45) is 2.14. The van der Waals surface area contributed by atoms with E-state index in [1.54, 1.807) is 17.0 Å². The van der Waals surface area contributed by atoms with Crippen molar-refractivity contribution in [2.45, 2.75) is 38.1 Å². The van der Waals surface area contributed by atoms with Crippen molar-refractivity contribution in [2.75, 3.05) is 11.4 Å². The van der Waals surface area contributed by atoms with E-state index < -0.39 is 0 Å². The van der Waals surface area contributed by atoms with Crippen LogP contribution in [-0.2, 0) is 11.2 Å². The molecule has 1 fully saturated rings. The van der Waals surface area contributed by atoms with Crippen LogP contribution in [0.3, 0.4) is 0 Å². The molecule has 4 rings (SSSR count). The molecule has 2 atom stereocenters. The van der Waals surface area contributed by atoms with Crippen LogP contribution in [0.4, 0.5) is 5.69 Å². The number of rotatable bonds is 7. The first-order chi connectivity index (χ1) is 15.9. The maximum Gasteiger partial charge on any atom is 0.251 e. The Hall–Kier alpha value is -2.82. The summed E-state index contributed by atoms with van der Waals surface area (Å²) in [5.41, 5.74) is 3.54. The third kappa shape index (κ3) is 5.76. The highest BCUT2D eigenvalue weighted by molar-refractivity contribution is 6.30. The Kier molecular flexibility index (Phi) is 7.36. The van der Waals surface area contributed by atoms with Gasteiger partial charge in [0.2, 0.25) is 5.91 Å². The third-order valence-corrected chi connectivity index (χ3v) is 6.63. The average Bonchev–Trinajstić information content (AvgIpc) is 3.25. The molecule has 0 bridgehead atoms. The summed E-state index contributed by atoms with van der Waals surface area (Å²) < 4.78 is 0. The lowest BCUT2D eigenvalue weighted by molar-refractivity contribution is -0.117. The van der Waals surface area contributed by atoms with Crippen LogP contribution in [0.1, 0.15) is 47.2 Å². The Balaban J connectivity index is 1.54. The van der Waals surface area contributed by atoms with Gasteiger partial charge in [0, 0.05) is 46.2 Å². The Morgan fingerprint density at radius 3 is 2.30 bits per heavy atom. The van der Waals surface area contributed by atoms with Crippen LogP contribution in [0.5, 0.6) is 0 Å². The molecule has 1 aliphatic rings. The molecule has 2 unspecified atom stereocenters. The lowest BCUT2D eigenvalue weighted by Crippen LogP contribution is -2.38. The second kappa shape index (κ2) is 10.4. The summed E-state index contributed by atoms with van der Waals surface area (Å²) in [6, 6.07) is 22.7. The molecule has 0 aliphatic carbocycles. The molecular formula is C27H26Cl2N2O2. The van der Waals surface area contributed by atoms with Gasteiger partial charge in [0.25, 0.3) is 5.91 Å². The van der Waals surface area contributed by atoms with Gasteiger partial charge in [-0.1, -0.05) is 53.5 Å². The topological polar surface area (TPSA) is 49.4 Å². The first kappa shape index (κ1) is 23.3. The smallest absolute Gasteiger partial charge is 0.251 e. The van der Waals surface area contributed by atoms with Crippen LogP contribution in [0, 0.1) is 0 Å². The quantitative estimate of drug-likeness (QED) is 0.433. The lowest BCUT2D eigenvalue weighted by atomic mass is 9.86. The van der Waals surface area contributed by atoms with Gasteiger partial charge in [-0.15, -0.1) is 0 Å². The molecule has 4 nitrogen and oxygen atoms in total. The van der Waals surface area contributed by atoms with Crippen LogP contribution >= 0.6 is 23.2 Å². The fraction of sp³-hybridized carbons (Fsp3) is 0.259. The number of carbonyl (C=O) groups excluding carboxylic acids is 2. The fourth-order valence-electron chi connectivity index (χ4n) is 4.29. The van der Waals surface area contributed by atoms with Gasteiger partial charge in [-0.25, -0.2) is 0 Å². The van der Waals surface area contributed by atoms with Crippen molar-refractivity contribution >= 4 is 40.7 Å². The Labute approximate surface area is 204 Å². The zero-order chi connectivity index (χ0) is 23.4. The molecule has 0 saturated carbocycles. The minimum Gasteiger partial charge on any atom is -0.349 e. The standard InChI is InChI=1S/C27H26Cl2N2O2/c1-18(30-27(33)21-4-2-5-24(17-21)31-15-3-6-26(31)32)25(20-9-13-23(29)14-10-20)16-19-7-11-22(28)12-8-19/h2,4-5,7-14,17-18,25H,3,6,15-16H2,1H3,(H,30,33). The van der Waals surface area contributed by atoms with E-state index in [9.17, 15) is 9.59 Å². The molecule has 0 aromatic heterocycles. The van der Waals surface area contributed by atoms with Crippen molar-refractivity contribution in [2.24, 2.45) is 0 Å². The second-order valence-corrected chi connectivity index (χ2v) is 9.32. The molecule has 1 heterocycles. The summed E-state index contributed by atoms with van der Waals surface area (Å²) >= 11 is 12.2. The molecule has 3 aromatic carbocycles. The average molecular weight is 481 g/mol.